The predicted octanol–water partition coefficient (Wildman–Crippen LogP) is 1.63. The lowest BCUT2D eigenvalue weighted by atomic mass is 10.3. The van der Waals surface area contributed by atoms with Crippen LogP contribution in [0, 0.1) is 0 Å². The van der Waals surface area contributed by atoms with Crippen molar-refractivity contribution in [3.05, 3.63) is 41.8 Å². The van der Waals surface area contributed by atoms with E-state index in [-0.39, 0.29) is 0 Å². The molecule has 0 aliphatic rings. The van der Waals surface area contributed by atoms with Crippen molar-refractivity contribution in [2.45, 2.75) is 0 Å². The summed E-state index contributed by atoms with van der Waals surface area (Å²) in [7, 11) is -4.67. The molecule has 8 heteroatoms. The maximum absolute atomic E-state index is 11.0. The molecule has 1 N–H and O–H groups in total. The maximum Gasteiger partial charge on any atom is 0.380 e. The van der Waals surface area contributed by atoms with E-state index in [9.17, 15) is 13.2 Å². The summed E-state index contributed by atoms with van der Waals surface area (Å²) in [6.45, 7) is 2.84. The van der Waals surface area contributed by atoms with Gasteiger partial charge in [-0.25, -0.2) is 4.79 Å². The molecular formula is C9H8N2O5S. The zero-order valence-electron chi connectivity index (χ0n) is 8.48. The van der Waals surface area contributed by atoms with Crippen molar-refractivity contribution >= 4 is 21.8 Å². The first-order valence-corrected chi connectivity index (χ1v) is 5.69. The molecule has 0 atom stereocenters. The Morgan fingerprint density at radius 1 is 1.29 bits per heavy atom. The number of carbonyl (C=O) groups excluding carboxylic acids is 1. The fourth-order valence-electron chi connectivity index (χ4n) is 0.756. The third-order valence-corrected chi connectivity index (χ3v) is 2.36. The Hall–Kier alpha value is -2.06. The average Bonchev–Trinajstić information content (AvgIpc) is 2.28. The van der Waals surface area contributed by atoms with E-state index in [4.69, 9.17) is 4.55 Å². The van der Waals surface area contributed by atoms with Crippen LogP contribution in [-0.2, 0) is 19.8 Å². The minimum Gasteiger partial charge on any atom is -0.293 e. The van der Waals surface area contributed by atoms with E-state index in [2.05, 4.69) is 21.8 Å². The van der Waals surface area contributed by atoms with Crippen molar-refractivity contribution in [2.75, 3.05) is 0 Å². The first kappa shape index (κ1) is 13.0. The molecule has 0 saturated heterocycles. The summed E-state index contributed by atoms with van der Waals surface area (Å²) in [5, 5.41) is 6.49. The molecule has 7 nitrogen and oxygen atoms in total. The molecule has 0 bridgehead atoms. The minimum atomic E-state index is -4.67. The number of hydrogen-bond acceptors (Lipinski definition) is 6. The molecule has 0 saturated carbocycles. The molecule has 1 aromatic carbocycles. The van der Waals surface area contributed by atoms with Crippen LogP contribution in [0.4, 0.5) is 5.69 Å². The Labute approximate surface area is 97.1 Å². The molecule has 0 heterocycles. The van der Waals surface area contributed by atoms with Crippen LogP contribution >= 0.6 is 0 Å². The van der Waals surface area contributed by atoms with E-state index < -0.39 is 21.0 Å². The van der Waals surface area contributed by atoms with Gasteiger partial charge in [0.15, 0.2) is 4.91 Å². The smallest absolute Gasteiger partial charge is 0.293 e. The van der Waals surface area contributed by atoms with Crippen molar-refractivity contribution in [3.8, 4) is 0 Å². The van der Waals surface area contributed by atoms with Crippen LogP contribution < -0.4 is 0 Å². The van der Waals surface area contributed by atoms with Gasteiger partial charge < -0.3 is 0 Å². The number of rotatable bonds is 4. The van der Waals surface area contributed by atoms with Gasteiger partial charge in [-0.1, -0.05) is 24.8 Å². The second-order valence-corrected chi connectivity index (χ2v) is 4.24. The Bertz CT molecular complexity index is 550. The van der Waals surface area contributed by atoms with Crippen LogP contribution in [0.15, 0.2) is 52.2 Å². The van der Waals surface area contributed by atoms with E-state index in [0.717, 1.165) is 0 Å². The predicted molar refractivity (Wildman–Crippen MR) is 57.7 cm³/mol. The summed E-state index contributed by atoms with van der Waals surface area (Å²) < 4.78 is 29.4. The largest absolute Gasteiger partial charge is 0.380 e. The molecule has 90 valence electrons. The van der Waals surface area contributed by atoms with Gasteiger partial charge in [0.2, 0.25) is 0 Å². The SMILES string of the molecule is C=C(C(=O)ON=Nc1ccccc1)S(=O)(=O)O. The van der Waals surface area contributed by atoms with E-state index in [1.165, 1.54) is 0 Å². The standard InChI is InChI=1S/C9H8N2O5S/c1-7(17(13,14)15)9(12)16-11-10-8-5-3-2-4-6-8/h2-6H,1H2,(H,13,14,15). The fourth-order valence-corrected chi connectivity index (χ4v) is 1.00. The summed E-state index contributed by atoms with van der Waals surface area (Å²) in [6, 6.07) is 8.32. The molecule has 1 rings (SSSR count). The van der Waals surface area contributed by atoms with Crippen molar-refractivity contribution in [1.29, 1.82) is 0 Å². The van der Waals surface area contributed by atoms with Crippen molar-refractivity contribution in [2.24, 2.45) is 10.4 Å². The van der Waals surface area contributed by atoms with Gasteiger partial charge >= 0.3 is 16.1 Å². The highest BCUT2D eigenvalue weighted by molar-refractivity contribution is 7.90. The first-order chi connectivity index (χ1) is 7.91. The van der Waals surface area contributed by atoms with E-state index in [0.29, 0.717) is 5.69 Å². The van der Waals surface area contributed by atoms with Gasteiger partial charge in [0.1, 0.15) is 0 Å². The van der Waals surface area contributed by atoms with Gasteiger partial charge in [-0.15, -0.1) is 5.11 Å². The van der Waals surface area contributed by atoms with Gasteiger partial charge in [0, 0.05) is 5.28 Å². The summed E-state index contributed by atoms with van der Waals surface area (Å²) in [4.78, 5) is 14.0. The van der Waals surface area contributed by atoms with Crippen LogP contribution in [-0.4, -0.2) is 18.9 Å². The molecule has 0 fully saturated rings. The summed E-state index contributed by atoms with van der Waals surface area (Å²) in [5.41, 5.74) is 0.415. The molecule has 1 aromatic rings. The normalized spacial score (nSPS) is 11.4. The van der Waals surface area contributed by atoms with Crippen LogP contribution in [0.5, 0.6) is 0 Å². The second kappa shape index (κ2) is 5.32. The molecule has 0 spiro atoms. The average molecular weight is 256 g/mol. The van der Waals surface area contributed by atoms with E-state index in [1.807, 2.05) is 0 Å². The quantitative estimate of drug-likeness (QED) is 0.381. The number of hydrogen-bond donors (Lipinski definition) is 1. The second-order valence-electron chi connectivity index (χ2n) is 2.79. The van der Waals surface area contributed by atoms with E-state index in [1.54, 1.807) is 30.3 Å². The van der Waals surface area contributed by atoms with Gasteiger partial charge in [0.25, 0.3) is 0 Å². The summed E-state index contributed by atoms with van der Waals surface area (Å²) in [5.74, 6) is -1.40. The van der Waals surface area contributed by atoms with Crippen LogP contribution in [0.25, 0.3) is 0 Å². The molecule has 0 unspecified atom stereocenters. The van der Waals surface area contributed by atoms with Crippen molar-refractivity contribution < 1.29 is 22.6 Å². The number of benzene rings is 1. The Morgan fingerprint density at radius 3 is 2.41 bits per heavy atom. The van der Waals surface area contributed by atoms with Gasteiger partial charge in [-0.2, -0.15) is 8.42 Å². The Kier molecular flexibility index (Phi) is 4.07. The van der Waals surface area contributed by atoms with Crippen molar-refractivity contribution in [1.82, 2.24) is 0 Å². The molecule has 0 aliphatic heterocycles. The number of carbonyl (C=O) groups is 1. The van der Waals surface area contributed by atoms with Gasteiger partial charge in [-0.05, 0) is 12.1 Å². The molecule has 17 heavy (non-hydrogen) atoms. The molecule has 0 radical (unpaired) electrons. The third-order valence-electron chi connectivity index (χ3n) is 1.58. The lowest BCUT2D eigenvalue weighted by Gasteiger charge is -1.96. The zero-order valence-corrected chi connectivity index (χ0v) is 9.29. The Balaban J connectivity index is 2.61. The fraction of sp³-hybridized carbons (Fsp3) is 0. The molecular weight excluding hydrogens is 248 g/mol. The lowest BCUT2D eigenvalue weighted by molar-refractivity contribution is -0.139. The van der Waals surface area contributed by atoms with Crippen LogP contribution in [0.2, 0.25) is 0 Å². The van der Waals surface area contributed by atoms with Crippen molar-refractivity contribution in [3.63, 3.8) is 0 Å². The minimum absolute atomic E-state index is 0.415. The Morgan fingerprint density at radius 2 is 1.88 bits per heavy atom. The van der Waals surface area contributed by atoms with Crippen LogP contribution in [0.3, 0.4) is 0 Å². The highest BCUT2D eigenvalue weighted by atomic mass is 32.2. The molecule has 0 aromatic heterocycles. The topological polar surface area (TPSA) is 105 Å². The third kappa shape index (κ3) is 4.13. The van der Waals surface area contributed by atoms with Crippen LogP contribution in [0.1, 0.15) is 0 Å². The first-order valence-electron chi connectivity index (χ1n) is 4.25. The van der Waals surface area contributed by atoms with E-state index >= 15 is 0 Å². The molecule has 0 aliphatic carbocycles. The maximum atomic E-state index is 11.0. The van der Waals surface area contributed by atoms with Gasteiger partial charge in [-0.3, -0.25) is 9.39 Å². The van der Waals surface area contributed by atoms with Gasteiger partial charge in [0.05, 0.1) is 5.69 Å². The summed E-state index contributed by atoms with van der Waals surface area (Å²) >= 11 is 0. The summed E-state index contributed by atoms with van der Waals surface area (Å²) in [6.07, 6.45) is 0. The molecule has 0 amide bonds. The monoisotopic (exact) mass is 256 g/mol. The highest BCUT2D eigenvalue weighted by Gasteiger charge is 2.21. The highest BCUT2D eigenvalue weighted by Crippen LogP contribution is 2.11. The number of nitrogens with zero attached hydrogens (tertiary/aromatic N) is 2. The lowest BCUT2D eigenvalue weighted by Crippen LogP contribution is -2.12. The zero-order chi connectivity index (χ0) is 12.9.